The summed E-state index contributed by atoms with van der Waals surface area (Å²) in [6.45, 7) is 1.72. The maximum Gasteiger partial charge on any atom is 0.277 e. The Hall–Kier alpha value is -3.15. The lowest BCUT2D eigenvalue weighted by molar-refractivity contribution is 0.456. The predicted octanol–water partition coefficient (Wildman–Crippen LogP) is 0.706. The second-order valence-electron chi connectivity index (χ2n) is 6.01. The quantitative estimate of drug-likeness (QED) is 0.651. The Kier molecular flexibility index (Phi) is 3.13. The Balaban J connectivity index is 1.96. The summed E-state index contributed by atoms with van der Waals surface area (Å²) in [5.41, 5.74) is 0.0976. The van der Waals surface area contributed by atoms with E-state index in [1.807, 2.05) is 6.07 Å². The molecular weight excluding hydrogens is 310 g/mol. The first-order valence-electron chi connectivity index (χ1n) is 7.65. The normalized spacial score (nSPS) is 15.5. The molecule has 0 amide bonds. The third-order valence-electron chi connectivity index (χ3n) is 4.19. The van der Waals surface area contributed by atoms with E-state index in [1.165, 1.54) is 21.5 Å². The van der Waals surface area contributed by atoms with Crippen molar-refractivity contribution in [1.29, 1.82) is 5.26 Å². The molecule has 120 valence electrons. The van der Waals surface area contributed by atoms with Gasteiger partial charge in [0.25, 0.3) is 11.1 Å². The molecule has 1 aromatic carbocycles. The first-order valence-corrected chi connectivity index (χ1v) is 7.65. The first-order chi connectivity index (χ1) is 11.6. The third kappa shape index (κ3) is 2.15. The van der Waals surface area contributed by atoms with E-state index in [1.54, 1.807) is 6.92 Å². The lowest BCUT2D eigenvalue weighted by Gasteiger charge is -2.10. The molecule has 1 unspecified atom stereocenters. The van der Waals surface area contributed by atoms with Gasteiger partial charge in [0.15, 0.2) is 0 Å². The minimum Gasteiger partial charge on any atom is -0.267 e. The van der Waals surface area contributed by atoms with E-state index < -0.39 is 0 Å². The number of hydrogen-bond donors (Lipinski definition) is 0. The molecule has 0 radical (unpaired) electrons. The summed E-state index contributed by atoms with van der Waals surface area (Å²) >= 11 is 0. The number of nitriles is 1. The highest BCUT2D eigenvalue weighted by Crippen LogP contribution is 2.32. The zero-order chi connectivity index (χ0) is 16.8. The smallest absolute Gasteiger partial charge is 0.267 e. The number of aromatic nitrogens is 6. The van der Waals surface area contributed by atoms with Crippen molar-refractivity contribution < 1.29 is 0 Å². The highest BCUT2D eigenvalue weighted by molar-refractivity contribution is 5.93. The van der Waals surface area contributed by atoms with Crippen LogP contribution in [-0.2, 0) is 0 Å². The SMILES string of the molecule is CC(CC#N)n1nnc2cc3c(=O)n(C4CC4)nnc3cc2c1=O. The fourth-order valence-electron chi connectivity index (χ4n) is 2.67. The van der Waals surface area contributed by atoms with E-state index in [-0.39, 0.29) is 29.6 Å². The summed E-state index contributed by atoms with van der Waals surface area (Å²) in [4.78, 5) is 25.1. The zero-order valence-electron chi connectivity index (χ0n) is 12.9. The van der Waals surface area contributed by atoms with Crippen LogP contribution in [0.1, 0.15) is 38.3 Å². The summed E-state index contributed by atoms with van der Waals surface area (Å²) in [6.07, 6.45) is 2.00. The Morgan fingerprint density at radius 1 is 1.17 bits per heavy atom. The first kappa shape index (κ1) is 14.4. The van der Waals surface area contributed by atoms with Crippen LogP contribution in [0.25, 0.3) is 21.8 Å². The van der Waals surface area contributed by atoms with Gasteiger partial charge >= 0.3 is 0 Å². The van der Waals surface area contributed by atoms with Gasteiger partial charge in [0.1, 0.15) is 11.0 Å². The van der Waals surface area contributed by atoms with Gasteiger partial charge in [-0.2, -0.15) is 5.26 Å². The third-order valence-corrected chi connectivity index (χ3v) is 4.19. The molecular formula is C15H13N7O2. The second kappa shape index (κ2) is 5.19. The lowest BCUT2D eigenvalue weighted by Crippen LogP contribution is -2.28. The van der Waals surface area contributed by atoms with Crippen LogP contribution >= 0.6 is 0 Å². The molecule has 0 N–H and O–H groups in total. The van der Waals surface area contributed by atoms with Crippen molar-refractivity contribution >= 4 is 21.8 Å². The minimum absolute atomic E-state index is 0.121. The Morgan fingerprint density at radius 2 is 1.79 bits per heavy atom. The maximum atomic E-state index is 12.6. The fraction of sp³-hybridized carbons (Fsp3) is 0.400. The molecule has 4 rings (SSSR count). The van der Waals surface area contributed by atoms with Crippen LogP contribution < -0.4 is 11.1 Å². The van der Waals surface area contributed by atoms with Gasteiger partial charge in [-0.15, -0.1) is 10.2 Å². The highest BCUT2D eigenvalue weighted by atomic mass is 16.1. The summed E-state index contributed by atoms with van der Waals surface area (Å²) in [5.74, 6) is 0. The number of fused-ring (bicyclic) bond motifs is 2. The molecule has 2 aromatic heterocycles. The molecule has 24 heavy (non-hydrogen) atoms. The molecule has 1 atom stereocenters. The van der Waals surface area contributed by atoms with Gasteiger partial charge in [-0.05, 0) is 31.9 Å². The van der Waals surface area contributed by atoms with Crippen molar-refractivity contribution in [3.05, 3.63) is 32.8 Å². The predicted molar refractivity (Wildman–Crippen MR) is 84.4 cm³/mol. The summed E-state index contributed by atoms with van der Waals surface area (Å²) in [7, 11) is 0. The molecule has 9 nitrogen and oxygen atoms in total. The van der Waals surface area contributed by atoms with E-state index in [9.17, 15) is 9.59 Å². The largest absolute Gasteiger partial charge is 0.277 e. The molecule has 0 saturated heterocycles. The topological polar surface area (TPSA) is 119 Å². The summed E-state index contributed by atoms with van der Waals surface area (Å²) in [6, 6.07) is 4.80. The molecule has 0 aliphatic heterocycles. The lowest BCUT2D eigenvalue weighted by atomic mass is 10.1. The van der Waals surface area contributed by atoms with Gasteiger partial charge in [0, 0.05) is 0 Å². The molecule has 9 heteroatoms. The van der Waals surface area contributed by atoms with Gasteiger partial charge < -0.3 is 0 Å². The number of rotatable bonds is 3. The van der Waals surface area contributed by atoms with Gasteiger partial charge in [0.05, 0.1) is 35.3 Å². The minimum atomic E-state index is -0.385. The molecule has 1 saturated carbocycles. The summed E-state index contributed by atoms with van der Waals surface area (Å²) < 4.78 is 2.56. The van der Waals surface area contributed by atoms with Gasteiger partial charge in [-0.1, -0.05) is 10.4 Å². The van der Waals surface area contributed by atoms with E-state index in [4.69, 9.17) is 5.26 Å². The van der Waals surface area contributed by atoms with Crippen molar-refractivity contribution in [2.24, 2.45) is 0 Å². The average molecular weight is 323 g/mol. The van der Waals surface area contributed by atoms with E-state index >= 15 is 0 Å². The van der Waals surface area contributed by atoms with Gasteiger partial charge in [0.2, 0.25) is 0 Å². The Labute approximate surface area is 135 Å². The highest BCUT2D eigenvalue weighted by Gasteiger charge is 2.27. The second-order valence-corrected chi connectivity index (χ2v) is 6.01. The van der Waals surface area contributed by atoms with E-state index in [2.05, 4.69) is 20.6 Å². The summed E-state index contributed by atoms with van der Waals surface area (Å²) in [5, 5.41) is 25.4. The van der Waals surface area contributed by atoms with Crippen molar-refractivity contribution in [3.63, 3.8) is 0 Å². The van der Waals surface area contributed by atoms with Crippen molar-refractivity contribution in [2.45, 2.75) is 38.3 Å². The number of nitrogens with zero attached hydrogens (tertiary/aromatic N) is 7. The Bertz CT molecular complexity index is 1120. The van der Waals surface area contributed by atoms with Crippen molar-refractivity contribution in [3.8, 4) is 6.07 Å². The molecule has 2 heterocycles. The van der Waals surface area contributed by atoms with E-state index in [0.717, 1.165) is 12.8 Å². The van der Waals surface area contributed by atoms with Crippen molar-refractivity contribution in [1.82, 2.24) is 30.0 Å². The maximum absolute atomic E-state index is 12.6. The standard InChI is InChI=1S/C15H13N7O2/c1-8(4-5-16)21-14(23)10-6-13-11(7-12(10)17-19-21)15(24)22(20-18-13)9-2-3-9/h6-9H,2-4H2,1H3. The van der Waals surface area contributed by atoms with Crippen LogP contribution in [-0.4, -0.2) is 30.0 Å². The molecule has 0 spiro atoms. The zero-order valence-corrected chi connectivity index (χ0v) is 12.9. The molecule has 1 aliphatic carbocycles. The van der Waals surface area contributed by atoms with Crippen LogP contribution in [0.5, 0.6) is 0 Å². The number of benzene rings is 1. The molecule has 3 aromatic rings. The average Bonchev–Trinajstić information content (AvgIpc) is 3.40. The fourth-order valence-corrected chi connectivity index (χ4v) is 2.67. The molecule has 1 fully saturated rings. The van der Waals surface area contributed by atoms with Crippen LogP contribution in [0.3, 0.4) is 0 Å². The molecule has 0 bridgehead atoms. The van der Waals surface area contributed by atoms with E-state index in [0.29, 0.717) is 21.8 Å². The monoisotopic (exact) mass is 323 g/mol. The van der Waals surface area contributed by atoms with Crippen LogP contribution in [0.2, 0.25) is 0 Å². The Morgan fingerprint density at radius 3 is 2.42 bits per heavy atom. The van der Waals surface area contributed by atoms with Crippen LogP contribution in [0, 0.1) is 11.3 Å². The van der Waals surface area contributed by atoms with Crippen molar-refractivity contribution in [2.75, 3.05) is 0 Å². The van der Waals surface area contributed by atoms with Gasteiger partial charge in [-0.3, -0.25) is 9.59 Å². The van der Waals surface area contributed by atoms with Gasteiger partial charge in [-0.25, -0.2) is 9.36 Å². The van der Waals surface area contributed by atoms with Crippen LogP contribution in [0.15, 0.2) is 21.7 Å². The molecule has 1 aliphatic rings. The van der Waals surface area contributed by atoms with Crippen LogP contribution in [0.4, 0.5) is 0 Å². The number of hydrogen-bond acceptors (Lipinski definition) is 7.